The number of carbonyl (C=O) groups excluding carboxylic acids is 3. The molecule has 2 amide bonds. The Hall–Kier alpha value is -1.61. The van der Waals surface area contributed by atoms with Crippen LogP contribution in [0.25, 0.3) is 0 Å². The molecule has 2 N–H and O–H groups in total. The van der Waals surface area contributed by atoms with Crippen LogP contribution in [-0.2, 0) is 69.9 Å². The summed E-state index contributed by atoms with van der Waals surface area (Å²) in [6.07, 6.45) is 11.0. The molecule has 0 aliphatic carbocycles. The summed E-state index contributed by atoms with van der Waals surface area (Å²) >= 11 is 0. The summed E-state index contributed by atoms with van der Waals surface area (Å²) in [6, 6.07) is 8.46. The zero-order valence-corrected chi connectivity index (χ0v) is 47.0. The number of carbonyl (C=O) groups is 3. The van der Waals surface area contributed by atoms with Gasteiger partial charge in [-0.3, -0.25) is 18.7 Å². The molecule has 2 atom stereocenters. The number of rotatable bonds is 22. The molecule has 0 bridgehead atoms. The molecule has 2 unspecified atom stereocenters. The van der Waals surface area contributed by atoms with Crippen molar-refractivity contribution in [3.8, 4) is 0 Å². The van der Waals surface area contributed by atoms with Gasteiger partial charge in [0, 0.05) is 81.1 Å². The summed E-state index contributed by atoms with van der Waals surface area (Å²) < 4.78 is 117. The van der Waals surface area contributed by atoms with Gasteiger partial charge in [0.15, 0.2) is 12.3 Å². The number of fused-ring (bicyclic) bond motifs is 2. The van der Waals surface area contributed by atoms with Crippen LogP contribution in [0.5, 0.6) is 0 Å². The molecule has 3 heterocycles. The van der Waals surface area contributed by atoms with E-state index < -0.39 is 64.7 Å². The maximum atomic E-state index is 12.4. The molecule has 2 aromatic carbocycles. The van der Waals surface area contributed by atoms with Crippen molar-refractivity contribution in [3.63, 3.8) is 0 Å². The van der Waals surface area contributed by atoms with Gasteiger partial charge < -0.3 is 23.8 Å². The van der Waals surface area contributed by atoms with E-state index in [2.05, 4.69) is 0 Å². The molecule has 5 rings (SSSR count). The van der Waals surface area contributed by atoms with Crippen molar-refractivity contribution in [1.82, 2.24) is 5.06 Å². The van der Waals surface area contributed by atoms with Crippen LogP contribution in [0.4, 0.5) is 11.4 Å². The van der Waals surface area contributed by atoms with Crippen molar-refractivity contribution in [2.75, 3.05) is 51.2 Å². The number of allylic oxidation sites excluding steroid dienone is 6. The summed E-state index contributed by atoms with van der Waals surface area (Å²) in [7, 11) is -10.6. The van der Waals surface area contributed by atoms with Gasteiger partial charge in [-0.25, -0.2) is 13.2 Å². The van der Waals surface area contributed by atoms with Gasteiger partial charge in [0.05, 0.1) is 21.0 Å². The van der Waals surface area contributed by atoms with Crippen LogP contribution in [0, 0.1) is 0 Å². The van der Waals surface area contributed by atoms with Crippen LogP contribution < -0.4 is 93.6 Å². The van der Waals surface area contributed by atoms with Crippen LogP contribution in [0.3, 0.4) is 0 Å². The van der Waals surface area contributed by atoms with E-state index in [1.807, 2.05) is 35.5 Å². The molecule has 66 heavy (non-hydrogen) atoms. The molecule has 0 aromatic heterocycles. The molecule has 1 fully saturated rings. The number of ether oxygens (including phenoxy) is 2. The fourth-order valence-electron chi connectivity index (χ4n) is 8.36. The van der Waals surface area contributed by atoms with E-state index in [4.69, 9.17) is 14.3 Å². The number of unbranched alkanes of at least 4 members (excludes halogenated alkanes) is 2. The van der Waals surface area contributed by atoms with E-state index in [-0.39, 0.29) is 144 Å². The summed E-state index contributed by atoms with van der Waals surface area (Å²) in [5.41, 5.74) is 2.04. The third-order valence-corrected chi connectivity index (χ3v) is 14.1. The van der Waals surface area contributed by atoms with E-state index in [1.165, 1.54) is 31.4 Å². The van der Waals surface area contributed by atoms with Crippen LogP contribution in [-0.4, -0.2) is 118 Å². The Bertz CT molecular complexity index is 2570. The number of methoxy groups -OCH3 is 2. The summed E-state index contributed by atoms with van der Waals surface area (Å²) in [5.74, 6) is -2.36. The molecule has 18 nitrogen and oxygen atoms in total. The number of imide groups is 1. The number of nitrogens with zero attached hydrogens (tertiary/aromatic N) is 3. The largest absolute Gasteiger partial charge is 1.00 e. The van der Waals surface area contributed by atoms with Crippen molar-refractivity contribution < 1.29 is 161 Å². The van der Waals surface area contributed by atoms with Gasteiger partial charge in [-0.1, -0.05) is 24.6 Å². The van der Waals surface area contributed by atoms with Crippen molar-refractivity contribution in [1.29, 1.82) is 0 Å². The number of anilines is 1. The minimum Gasteiger partial charge on any atom is -0.744 e. The monoisotopic (exact) mass is 1000 g/mol. The fourth-order valence-corrected chi connectivity index (χ4v) is 9.88. The number of amides is 2. The van der Waals surface area contributed by atoms with Gasteiger partial charge in [0.25, 0.3) is 32.1 Å². The standard InChI is InChI=1S/C42H53N3O15S3.3Na/c1-41(21-11-27-61(49,50)51)32-28-30(62(52,53)54)16-18-35(32)44(24-26-59-4)36(41)12-7-5-8-13-37-42(2,22-25-58-3)33-29-31(63(55,56)57)15-17-34(33)43(37)23-10-6-9-14-40(48)60-45-38(46)19-20-39(45)47;;;/h5,7-8,12-13,15-18,28-29H,6,9-11,14,19-27H2,1-4H3,(H2-,49,50,51,52,53,54,55,56,57);;;/q;3*+1. The van der Waals surface area contributed by atoms with Crippen molar-refractivity contribution in [2.24, 2.45) is 0 Å². The summed E-state index contributed by atoms with van der Waals surface area (Å²) in [6.45, 7) is 5.07. The van der Waals surface area contributed by atoms with Gasteiger partial charge in [0.2, 0.25) is 5.69 Å². The first-order valence-electron chi connectivity index (χ1n) is 20.3. The Labute approximate surface area is 453 Å². The van der Waals surface area contributed by atoms with E-state index >= 15 is 0 Å². The quantitative estimate of drug-likeness (QED) is 0.0282. The molecule has 0 spiro atoms. The average Bonchev–Trinajstić information content (AvgIpc) is 3.73. The van der Waals surface area contributed by atoms with Gasteiger partial charge in [0.1, 0.15) is 16.7 Å². The Morgan fingerprint density at radius 1 is 0.803 bits per heavy atom. The molecule has 3 aliphatic rings. The average molecular weight is 1010 g/mol. The maximum Gasteiger partial charge on any atom is 1.00 e. The molecule has 0 saturated carbocycles. The Kier molecular flexibility index (Phi) is 23.4. The second-order valence-corrected chi connectivity index (χ2v) is 20.3. The van der Waals surface area contributed by atoms with Crippen LogP contribution in [0.15, 0.2) is 82.3 Å². The van der Waals surface area contributed by atoms with E-state index in [9.17, 15) is 53.3 Å². The van der Waals surface area contributed by atoms with E-state index in [0.29, 0.717) is 72.0 Å². The van der Waals surface area contributed by atoms with Crippen molar-refractivity contribution >= 4 is 65.2 Å². The van der Waals surface area contributed by atoms with Gasteiger partial charge in [-0.05, 0) is 87.9 Å². The minimum absolute atomic E-state index is 0. The molecular weight excluding hydrogens is 952 g/mol. The van der Waals surface area contributed by atoms with Gasteiger partial charge in [-0.2, -0.15) is 21.4 Å². The SMILES string of the molecule is COCC[N+]1=C(/C=C/C=C/C=C2/N(CCCCCC(=O)ON3C(=O)CCC3=O)c3ccc(S(=O)(=O)[O-])cc3C2(C)CCOC)C(C)(CCCS(=O)(=O)O)c2cc(S(=O)(=O)O)ccc21.[Na+].[Na+].[Na+]. The zero-order chi connectivity index (χ0) is 46.4. The van der Waals surface area contributed by atoms with Crippen molar-refractivity contribution in [3.05, 3.63) is 83.6 Å². The van der Waals surface area contributed by atoms with Crippen LogP contribution in [0.1, 0.15) is 82.8 Å². The van der Waals surface area contributed by atoms with E-state index in [0.717, 1.165) is 5.70 Å². The fraction of sp³-hybridized carbons (Fsp3) is 0.476. The second kappa shape index (κ2) is 25.5. The molecule has 1 saturated heterocycles. The molecule has 24 heteroatoms. The Morgan fingerprint density at radius 2 is 1.44 bits per heavy atom. The smallest absolute Gasteiger partial charge is 0.744 e. The van der Waals surface area contributed by atoms with Gasteiger partial charge in [-0.15, -0.1) is 5.06 Å². The maximum absolute atomic E-state index is 12.4. The summed E-state index contributed by atoms with van der Waals surface area (Å²) in [5, 5.41) is 0.512. The number of hydrogen-bond donors (Lipinski definition) is 2. The Morgan fingerprint density at radius 3 is 2.05 bits per heavy atom. The zero-order valence-electron chi connectivity index (χ0n) is 38.5. The molecule has 344 valence electrons. The molecule has 3 aliphatic heterocycles. The first kappa shape index (κ1) is 60.5. The normalized spacial score (nSPS) is 20.2. The number of benzene rings is 2. The molecular formula is C42H53N3Na3O15S3+3. The van der Waals surface area contributed by atoms with Crippen molar-refractivity contribution in [2.45, 2.75) is 92.3 Å². The van der Waals surface area contributed by atoms with Crippen LogP contribution >= 0.6 is 0 Å². The second-order valence-electron chi connectivity index (χ2n) is 15.9. The molecule has 2 aromatic rings. The minimum atomic E-state index is -4.80. The number of hydrogen-bond acceptors (Lipinski definition) is 14. The first-order valence-corrected chi connectivity index (χ1v) is 24.7. The van der Waals surface area contributed by atoms with Crippen LogP contribution in [0.2, 0.25) is 0 Å². The predicted molar refractivity (Wildman–Crippen MR) is 229 cm³/mol. The topological polar surface area (TPSA) is 254 Å². The number of hydroxylamine groups is 2. The third kappa shape index (κ3) is 14.7. The first-order chi connectivity index (χ1) is 29.5. The molecule has 0 radical (unpaired) electrons. The van der Waals surface area contributed by atoms with E-state index in [1.54, 1.807) is 37.5 Å². The Balaban J connectivity index is 0.00000499. The predicted octanol–water partition coefficient (Wildman–Crippen LogP) is -4.50. The third-order valence-electron chi connectivity index (χ3n) is 11.6. The summed E-state index contributed by atoms with van der Waals surface area (Å²) in [4.78, 5) is 42.4. The van der Waals surface area contributed by atoms with Gasteiger partial charge >= 0.3 is 94.6 Å².